The van der Waals surface area contributed by atoms with Gasteiger partial charge in [-0.05, 0) is 57.1 Å². The molecule has 0 aliphatic carbocycles. The van der Waals surface area contributed by atoms with Crippen LogP contribution in [-0.4, -0.2) is 32.4 Å². The number of aromatic nitrogens is 2. The first-order valence-electron chi connectivity index (χ1n) is 14.5. The first kappa shape index (κ1) is 34.3. The summed E-state index contributed by atoms with van der Waals surface area (Å²) in [7, 11) is 0. The van der Waals surface area contributed by atoms with Crippen LogP contribution in [0.2, 0.25) is 0 Å². The molecule has 7 aromatic rings. The Morgan fingerprint density at radius 2 is 1.00 bits per heavy atom. The summed E-state index contributed by atoms with van der Waals surface area (Å²) >= 11 is 3.46. The molecule has 4 aromatic heterocycles. The Morgan fingerprint density at radius 3 is 1.40 bits per heavy atom. The van der Waals surface area contributed by atoms with Crippen LogP contribution in [0.15, 0.2) is 128 Å². The van der Waals surface area contributed by atoms with Gasteiger partial charge in [0.05, 0.1) is 12.2 Å². The molecule has 3 aromatic carbocycles. The number of aliphatic hydroxyl groups is 2. The van der Waals surface area contributed by atoms with Crippen molar-refractivity contribution >= 4 is 42.8 Å². The quantitative estimate of drug-likeness (QED) is 0.165. The van der Waals surface area contributed by atoms with Gasteiger partial charge in [-0.2, -0.15) is 0 Å². The van der Waals surface area contributed by atoms with Gasteiger partial charge in [0.15, 0.2) is 0 Å². The zero-order chi connectivity index (χ0) is 30.7. The molecule has 0 fully saturated rings. The molecular weight excluding hydrogens is 773 g/mol. The first-order valence-corrected chi connectivity index (χ1v) is 16.2. The standard InChI is InChI=1S/2C13H8NS.C12H18O2.Ir/c2*1-2-7-12-10(5-1)9-13(15-12)11-6-3-4-8-14-11;1-9(13)12(10(2)14)8-11-6-4-3-5-7-11;/h2*1-8H;3-7,9-10,12-14H,8H2,1-2H3;/q2*-1;;. The molecule has 0 saturated carbocycles. The van der Waals surface area contributed by atoms with Crippen LogP contribution in [0.4, 0.5) is 0 Å². The maximum Gasteiger partial charge on any atom is 0.0568 e. The van der Waals surface area contributed by atoms with Crippen LogP contribution in [0.1, 0.15) is 19.4 Å². The van der Waals surface area contributed by atoms with Gasteiger partial charge in [0.1, 0.15) is 0 Å². The summed E-state index contributed by atoms with van der Waals surface area (Å²) in [5.41, 5.74) is 3.15. The van der Waals surface area contributed by atoms with E-state index in [2.05, 4.69) is 58.5 Å². The number of nitrogens with zero attached hydrogens (tertiary/aromatic N) is 2. The molecule has 0 saturated heterocycles. The van der Waals surface area contributed by atoms with Crippen LogP contribution in [0.3, 0.4) is 0 Å². The number of hydrogen-bond acceptors (Lipinski definition) is 6. The van der Waals surface area contributed by atoms with Crippen molar-refractivity contribution in [3.05, 3.63) is 145 Å². The molecule has 0 spiro atoms. The van der Waals surface area contributed by atoms with Gasteiger partial charge in [0.25, 0.3) is 0 Å². The fourth-order valence-electron chi connectivity index (χ4n) is 4.69. The number of fused-ring (bicyclic) bond motifs is 2. The largest absolute Gasteiger partial charge is 0.393 e. The molecule has 2 unspecified atom stereocenters. The molecule has 231 valence electrons. The molecule has 2 N–H and O–H groups in total. The minimum atomic E-state index is -0.477. The van der Waals surface area contributed by atoms with Crippen molar-refractivity contribution in [3.8, 4) is 21.1 Å². The fraction of sp³-hybridized carbons (Fsp3) is 0.158. The predicted octanol–water partition coefficient (Wildman–Crippen LogP) is 9.13. The summed E-state index contributed by atoms with van der Waals surface area (Å²) in [6.07, 6.45) is 3.39. The van der Waals surface area contributed by atoms with Crippen molar-refractivity contribution in [2.45, 2.75) is 32.5 Å². The molecule has 4 heterocycles. The van der Waals surface area contributed by atoms with Crippen LogP contribution in [0.5, 0.6) is 0 Å². The van der Waals surface area contributed by atoms with Crippen molar-refractivity contribution in [1.29, 1.82) is 0 Å². The van der Waals surface area contributed by atoms with E-state index in [-0.39, 0.29) is 26.0 Å². The molecule has 1 radical (unpaired) electrons. The number of hydrogen-bond donors (Lipinski definition) is 2. The Morgan fingerprint density at radius 1 is 0.578 bits per heavy atom. The Labute approximate surface area is 286 Å². The molecule has 4 nitrogen and oxygen atoms in total. The molecule has 0 amide bonds. The van der Waals surface area contributed by atoms with Gasteiger partial charge >= 0.3 is 0 Å². The van der Waals surface area contributed by atoms with E-state index in [4.69, 9.17) is 0 Å². The third-order valence-electron chi connectivity index (χ3n) is 7.04. The monoisotopic (exact) mass is 807 g/mol. The molecule has 0 bridgehead atoms. The van der Waals surface area contributed by atoms with E-state index in [9.17, 15) is 10.2 Å². The van der Waals surface area contributed by atoms with E-state index in [0.717, 1.165) is 33.1 Å². The Bertz CT molecular complexity index is 1670. The van der Waals surface area contributed by atoms with Crippen molar-refractivity contribution in [1.82, 2.24) is 9.97 Å². The third kappa shape index (κ3) is 9.72. The minimum absolute atomic E-state index is 0. The number of aliphatic hydroxyl groups excluding tert-OH is 2. The second kappa shape index (κ2) is 17.2. The summed E-state index contributed by atoms with van der Waals surface area (Å²) in [6.45, 7) is 3.45. The molecular formula is C38H34IrN2O2S2-2. The van der Waals surface area contributed by atoms with E-state index in [1.54, 1.807) is 36.5 Å². The molecule has 7 rings (SSSR count). The predicted molar refractivity (Wildman–Crippen MR) is 185 cm³/mol. The van der Waals surface area contributed by atoms with Crippen LogP contribution in [0.25, 0.3) is 41.3 Å². The van der Waals surface area contributed by atoms with Crippen molar-refractivity contribution in [2.75, 3.05) is 0 Å². The second-order valence-electron chi connectivity index (χ2n) is 10.4. The summed E-state index contributed by atoms with van der Waals surface area (Å²) in [6, 6.07) is 45.1. The van der Waals surface area contributed by atoms with Gasteiger partial charge in [0, 0.05) is 49.8 Å². The molecule has 7 heteroatoms. The average molecular weight is 807 g/mol. The van der Waals surface area contributed by atoms with Crippen molar-refractivity contribution in [2.24, 2.45) is 5.92 Å². The van der Waals surface area contributed by atoms with Gasteiger partial charge in [-0.1, -0.05) is 78.9 Å². The zero-order valence-corrected chi connectivity index (χ0v) is 29.0. The Kier molecular flexibility index (Phi) is 13.1. The van der Waals surface area contributed by atoms with Gasteiger partial charge in [-0.25, -0.2) is 22.7 Å². The minimum Gasteiger partial charge on any atom is -0.393 e. The Hall–Kier alpha value is -3.55. The summed E-state index contributed by atoms with van der Waals surface area (Å²) in [4.78, 5) is 10.9. The first-order chi connectivity index (χ1) is 21.5. The number of rotatable bonds is 6. The molecule has 0 aliphatic rings. The molecule has 0 aliphatic heterocycles. The second-order valence-corrected chi connectivity index (χ2v) is 12.5. The van der Waals surface area contributed by atoms with E-state index < -0.39 is 12.2 Å². The van der Waals surface area contributed by atoms with Crippen molar-refractivity contribution < 1.29 is 30.3 Å². The van der Waals surface area contributed by atoms with Crippen LogP contribution < -0.4 is 0 Å². The van der Waals surface area contributed by atoms with Gasteiger partial charge in [0.2, 0.25) is 0 Å². The van der Waals surface area contributed by atoms with Crippen LogP contribution in [-0.2, 0) is 26.5 Å². The van der Waals surface area contributed by atoms with Gasteiger partial charge < -0.3 is 20.2 Å². The maximum absolute atomic E-state index is 9.48. The summed E-state index contributed by atoms with van der Waals surface area (Å²) < 4.78 is 2.52. The fourth-order valence-corrected chi connectivity index (χ4v) is 6.65. The zero-order valence-electron chi connectivity index (χ0n) is 25.0. The molecule has 2 atom stereocenters. The third-order valence-corrected chi connectivity index (χ3v) is 9.23. The SMILES string of the molecule is CC(O)C(Cc1ccccc1)C(C)O.[Ir].[c-]1c(-c2ccccn2)sc2ccccc12.[c-]1c(-c2ccccn2)sc2ccccc12. The van der Waals surface area contributed by atoms with Gasteiger partial charge in [-0.3, -0.25) is 0 Å². The number of benzene rings is 3. The van der Waals surface area contributed by atoms with E-state index in [0.29, 0.717) is 0 Å². The normalized spacial score (nSPS) is 12.5. The van der Waals surface area contributed by atoms with Gasteiger partial charge in [-0.15, -0.1) is 47.2 Å². The topological polar surface area (TPSA) is 66.2 Å². The van der Waals surface area contributed by atoms with Crippen LogP contribution in [0, 0.1) is 18.1 Å². The number of thiophene rings is 2. The van der Waals surface area contributed by atoms with E-state index in [1.165, 1.54) is 20.2 Å². The van der Waals surface area contributed by atoms with Crippen LogP contribution >= 0.6 is 22.7 Å². The maximum atomic E-state index is 9.48. The van der Waals surface area contributed by atoms with E-state index in [1.807, 2.05) is 91.3 Å². The summed E-state index contributed by atoms with van der Waals surface area (Å²) in [5.74, 6) is -0.0857. The Balaban J connectivity index is 0.000000152. The smallest absolute Gasteiger partial charge is 0.0568 e. The summed E-state index contributed by atoms with van der Waals surface area (Å²) in [5, 5.41) is 21.3. The van der Waals surface area contributed by atoms with E-state index >= 15 is 0 Å². The van der Waals surface area contributed by atoms with Crippen molar-refractivity contribution in [3.63, 3.8) is 0 Å². The number of pyridine rings is 2. The molecule has 45 heavy (non-hydrogen) atoms. The average Bonchev–Trinajstić information content (AvgIpc) is 3.70.